The van der Waals surface area contributed by atoms with Crippen molar-refractivity contribution in [2.45, 2.75) is 17.1 Å². The third-order valence-corrected chi connectivity index (χ3v) is 9.28. The Balaban J connectivity index is 1.81. The highest BCUT2D eigenvalue weighted by molar-refractivity contribution is 9.10. The van der Waals surface area contributed by atoms with E-state index in [1.54, 1.807) is 52.4 Å². The molecule has 0 spiro atoms. The van der Waals surface area contributed by atoms with Crippen LogP contribution in [-0.4, -0.2) is 34.9 Å². The van der Waals surface area contributed by atoms with Crippen molar-refractivity contribution in [1.29, 1.82) is 0 Å². The monoisotopic (exact) mass is 656 g/mol. The van der Waals surface area contributed by atoms with E-state index in [9.17, 15) is 26.6 Å². The lowest BCUT2D eigenvalue weighted by molar-refractivity contribution is 0.0557. The van der Waals surface area contributed by atoms with Crippen LogP contribution in [-0.2, 0) is 26.6 Å². The Kier molecular flexibility index (Phi) is 8.23. The van der Waals surface area contributed by atoms with Crippen LogP contribution < -0.4 is 4.80 Å². The minimum Gasteiger partial charge on any atom is -0.320 e. The predicted octanol–water partition coefficient (Wildman–Crippen LogP) is 5.40. The third kappa shape index (κ3) is 6.34. The molecular formula is C25H20BrF2N2O6PS2. The summed E-state index contributed by atoms with van der Waals surface area (Å²) in [5.41, 5.74) is -3.22. The summed E-state index contributed by atoms with van der Waals surface area (Å²) in [6, 6.07) is 18.1. The molecule has 1 amide bonds. The van der Waals surface area contributed by atoms with Crippen molar-refractivity contribution in [1.82, 2.24) is 4.57 Å². The summed E-state index contributed by atoms with van der Waals surface area (Å²) in [7, 11) is -9.19. The average molecular weight is 657 g/mol. The molecule has 0 atom stereocenters. The van der Waals surface area contributed by atoms with Crippen LogP contribution >= 0.6 is 34.9 Å². The second-order valence-electron chi connectivity index (χ2n) is 8.47. The van der Waals surface area contributed by atoms with E-state index in [4.69, 9.17) is 9.79 Å². The molecule has 0 radical (unpaired) electrons. The molecule has 14 heteroatoms. The number of hydrogen-bond acceptors (Lipinski definition) is 5. The number of alkyl halides is 2. The first-order valence-electron chi connectivity index (χ1n) is 11.0. The maximum absolute atomic E-state index is 14.3. The first-order chi connectivity index (χ1) is 18.2. The molecule has 0 saturated carbocycles. The number of carbonyl (C=O) groups is 1. The van der Waals surface area contributed by atoms with Gasteiger partial charge in [-0.25, -0.2) is 8.42 Å². The summed E-state index contributed by atoms with van der Waals surface area (Å²) in [5, 5.41) is 1.73. The number of carbonyl (C=O) groups excluding carboxylic acids is 1. The lowest BCUT2D eigenvalue weighted by Crippen LogP contribution is -2.19. The largest absolute Gasteiger partial charge is 0.399 e. The fourth-order valence-electron chi connectivity index (χ4n) is 3.65. The standard InChI is InChI=1S/C25H20BrF2N2O6PS2/c1-39(35,36)19-10-8-17(9-11-19)22-15-38-24(29-23(31)18-5-3-2-4-6-18)30(22)14-16-7-12-20(21(26)13-16)25(27,28)37(32,33)34/h2-13,15H,14H2,1H3,(H2,32,33,34)/b29-24-. The molecule has 4 rings (SSSR count). The summed E-state index contributed by atoms with van der Waals surface area (Å²) >= 11 is 4.15. The number of sulfone groups is 1. The number of rotatable bonds is 7. The van der Waals surface area contributed by atoms with Crippen molar-refractivity contribution in [2.75, 3.05) is 6.26 Å². The van der Waals surface area contributed by atoms with Crippen molar-refractivity contribution in [3.63, 3.8) is 0 Å². The van der Waals surface area contributed by atoms with E-state index in [1.807, 2.05) is 0 Å². The molecule has 0 aliphatic carbocycles. The van der Waals surface area contributed by atoms with Crippen LogP contribution in [0, 0.1) is 0 Å². The number of thiazole rings is 1. The van der Waals surface area contributed by atoms with Crippen LogP contribution in [0.4, 0.5) is 8.78 Å². The van der Waals surface area contributed by atoms with E-state index >= 15 is 0 Å². The van der Waals surface area contributed by atoms with Gasteiger partial charge in [0, 0.05) is 27.2 Å². The van der Waals surface area contributed by atoms with Gasteiger partial charge in [-0.3, -0.25) is 9.36 Å². The van der Waals surface area contributed by atoms with Crippen LogP contribution in [0.1, 0.15) is 21.5 Å². The zero-order valence-corrected chi connectivity index (χ0v) is 24.1. The van der Waals surface area contributed by atoms with E-state index in [0.717, 1.165) is 23.7 Å². The van der Waals surface area contributed by atoms with Gasteiger partial charge in [-0.2, -0.15) is 13.8 Å². The van der Waals surface area contributed by atoms with Gasteiger partial charge in [0.2, 0.25) is 0 Å². The van der Waals surface area contributed by atoms with Gasteiger partial charge in [0.1, 0.15) is 0 Å². The smallest absolute Gasteiger partial charge is 0.320 e. The molecule has 3 aromatic carbocycles. The molecular weight excluding hydrogens is 637 g/mol. The van der Waals surface area contributed by atoms with Crippen molar-refractivity contribution in [2.24, 2.45) is 4.99 Å². The van der Waals surface area contributed by atoms with Crippen LogP contribution in [0.2, 0.25) is 0 Å². The van der Waals surface area contributed by atoms with Gasteiger partial charge >= 0.3 is 13.3 Å². The predicted molar refractivity (Wildman–Crippen MR) is 146 cm³/mol. The number of amides is 1. The Morgan fingerprint density at radius 1 is 1.08 bits per heavy atom. The molecule has 0 saturated heterocycles. The average Bonchev–Trinajstić information content (AvgIpc) is 3.25. The first-order valence-corrected chi connectivity index (χ1v) is 16.2. The highest BCUT2D eigenvalue weighted by Crippen LogP contribution is 2.60. The van der Waals surface area contributed by atoms with Gasteiger partial charge in [-0.1, -0.05) is 58.4 Å². The molecule has 39 heavy (non-hydrogen) atoms. The maximum atomic E-state index is 14.3. The van der Waals surface area contributed by atoms with Crippen molar-refractivity contribution < 1.29 is 36.3 Å². The zero-order chi connectivity index (χ0) is 28.6. The van der Waals surface area contributed by atoms with Crippen molar-refractivity contribution >= 4 is 50.6 Å². The zero-order valence-electron chi connectivity index (χ0n) is 20.0. The molecule has 0 aliphatic rings. The summed E-state index contributed by atoms with van der Waals surface area (Å²) < 4.78 is 65.2. The Morgan fingerprint density at radius 3 is 2.28 bits per heavy atom. The fraction of sp³-hybridized carbons (Fsp3) is 0.120. The fourth-order valence-corrected chi connectivity index (χ4v) is 6.52. The van der Waals surface area contributed by atoms with Crippen LogP contribution in [0.25, 0.3) is 11.3 Å². The second kappa shape index (κ2) is 11.0. The number of halogens is 3. The maximum Gasteiger partial charge on any atom is 0.399 e. The van der Waals surface area contributed by atoms with Crippen molar-refractivity contribution in [3.05, 3.63) is 104 Å². The quantitative estimate of drug-likeness (QED) is 0.257. The Labute approximate surface area is 234 Å². The molecule has 2 N–H and O–H groups in total. The minimum atomic E-state index is -5.77. The molecule has 1 aromatic heterocycles. The summed E-state index contributed by atoms with van der Waals surface area (Å²) in [4.78, 5) is 35.7. The van der Waals surface area contributed by atoms with Crippen LogP contribution in [0.5, 0.6) is 0 Å². The van der Waals surface area contributed by atoms with E-state index in [0.29, 0.717) is 27.2 Å². The lowest BCUT2D eigenvalue weighted by atomic mass is 10.1. The molecule has 8 nitrogen and oxygen atoms in total. The Morgan fingerprint density at radius 2 is 1.72 bits per heavy atom. The van der Waals surface area contributed by atoms with Crippen LogP contribution in [0.3, 0.4) is 0 Å². The number of benzene rings is 3. The molecule has 4 aromatic rings. The number of nitrogens with zero attached hydrogens (tertiary/aromatic N) is 2. The minimum absolute atomic E-state index is 0.0495. The van der Waals surface area contributed by atoms with Gasteiger partial charge in [0.15, 0.2) is 14.6 Å². The van der Waals surface area contributed by atoms with Crippen LogP contribution in [0.15, 0.2) is 92.5 Å². The van der Waals surface area contributed by atoms with Gasteiger partial charge in [0.05, 0.1) is 17.1 Å². The summed E-state index contributed by atoms with van der Waals surface area (Å²) in [6.45, 7) is 0.0495. The molecule has 0 unspecified atom stereocenters. The van der Waals surface area contributed by atoms with Gasteiger partial charge in [0.25, 0.3) is 5.91 Å². The molecule has 1 heterocycles. The third-order valence-electron chi connectivity index (χ3n) is 5.66. The van der Waals surface area contributed by atoms with E-state index in [2.05, 4.69) is 20.9 Å². The number of aromatic nitrogens is 1. The molecule has 0 aliphatic heterocycles. The molecule has 204 valence electrons. The first kappa shape index (κ1) is 29.2. The highest BCUT2D eigenvalue weighted by atomic mass is 79.9. The summed E-state index contributed by atoms with van der Waals surface area (Å²) in [5.74, 6) is -0.497. The van der Waals surface area contributed by atoms with E-state index < -0.39 is 34.6 Å². The SMILES string of the molecule is CS(=O)(=O)c1ccc(-c2cs/c(=N\C(=O)c3ccccc3)n2Cc2ccc(C(F)(F)P(=O)(O)O)c(Br)c2)cc1. The topological polar surface area (TPSA) is 126 Å². The number of hydrogen-bond donors (Lipinski definition) is 2. The molecule has 0 fully saturated rings. The van der Waals surface area contributed by atoms with E-state index in [-0.39, 0.29) is 15.9 Å². The van der Waals surface area contributed by atoms with Gasteiger partial charge in [-0.05, 0) is 41.5 Å². The normalized spacial score (nSPS) is 13.0. The van der Waals surface area contributed by atoms with Crippen molar-refractivity contribution in [3.8, 4) is 11.3 Å². The molecule has 0 bridgehead atoms. The lowest BCUT2D eigenvalue weighted by Gasteiger charge is -2.20. The van der Waals surface area contributed by atoms with E-state index in [1.165, 1.54) is 24.3 Å². The second-order valence-corrected chi connectivity index (χ2v) is 13.8. The summed E-state index contributed by atoms with van der Waals surface area (Å²) in [6.07, 6.45) is 1.09. The highest BCUT2D eigenvalue weighted by Gasteiger charge is 2.51. The van der Waals surface area contributed by atoms with Gasteiger partial charge in [-0.15, -0.1) is 11.3 Å². The Hall–Kier alpha value is -2.80. The van der Waals surface area contributed by atoms with Gasteiger partial charge < -0.3 is 14.4 Å². The Bertz CT molecular complexity index is 1770.